The van der Waals surface area contributed by atoms with Crippen molar-refractivity contribution >= 4 is 33.6 Å². The van der Waals surface area contributed by atoms with Gasteiger partial charge in [-0.25, -0.2) is 9.78 Å². The van der Waals surface area contributed by atoms with E-state index in [0.29, 0.717) is 10.2 Å². The molecule has 2 rings (SSSR count). The summed E-state index contributed by atoms with van der Waals surface area (Å²) in [7, 11) is 2.18. The van der Waals surface area contributed by atoms with Crippen LogP contribution in [0.2, 0.25) is 0 Å². The summed E-state index contributed by atoms with van der Waals surface area (Å²) in [5.41, 5.74) is -3.68. The molecule has 1 heterocycles. The maximum absolute atomic E-state index is 13.9. The number of rotatable bonds is 6. The van der Waals surface area contributed by atoms with E-state index in [-0.39, 0.29) is 11.4 Å². The van der Waals surface area contributed by atoms with Gasteiger partial charge >= 0.3 is 17.8 Å². The third-order valence-corrected chi connectivity index (χ3v) is 4.08. The van der Waals surface area contributed by atoms with Gasteiger partial charge in [-0.3, -0.25) is 4.79 Å². The van der Waals surface area contributed by atoms with E-state index in [1.807, 2.05) is 5.32 Å². The van der Waals surface area contributed by atoms with Gasteiger partial charge in [0.05, 0.1) is 14.2 Å². The molecule has 1 aromatic heterocycles. The number of hydrogen-bond acceptors (Lipinski definition) is 6. The van der Waals surface area contributed by atoms with Crippen molar-refractivity contribution in [1.82, 2.24) is 10.3 Å². The number of nitrogens with one attached hydrogen (secondary N) is 2. The molecule has 0 bridgehead atoms. The van der Waals surface area contributed by atoms with E-state index in [0.717, 1.165) is 7.11 Å². The second-order valence-electron chi connectivity index (χ2n) is 5.41. The summed E-state index contributed by atoms with van der Waals surface area (Å²) < 4.78 is 51.6. The number of hydrogen-bond donors (Lipinski definition) is 2. The Balaban J connectivity index is 2.44. The van der Waals surface area contributed by atoms with Gasteiger partial charge in [0.2, 0.25) is 0 Å². The molecule has 0 aliphatic heterocycles. The highest BCUT2D eigenvalue weighted by Crippen LogP contribution is 2.33. The Morgan fingerprint density at radius 2 is 1.71 bits per heavy atom. The molecule has 0 radical (unpaired) electrons. The molecule has 0 fully saturated rings. The van der Waals surface area contributed by atoms with E-state index in [4.69, 9.17) is 4.74 Å². The lowest BCUT2D eigenvalue weighted by Crippen LogP contribution is -2.69. The number of alkyl halides is 3. The number of nitrogens with zero attached hydrogens (tertiary/aromatic N) is 1. The molecule has 2 aromatic rings. The van der Waals surface area contributed by atoms with Crippen LogP contribution in [-0.2, 0) is 9.53 Å². The third kappa shape index (κ3) is 4.53. The monoisotopic (exact) mass is 461 g/mol. The molecule has 1 atom stereocenters. The third-order valence-electron chi connectivity index (χ3n) is 3.61. The number of pyridine rings is 1. The maximum atomic E-state index is 13.9. The largest absolute Gasteiger partial charge is 0.497 e. The minimum atomic E-state index is -5.25. The first-order chi connectivity index (χ1) is 13.1. The van der Waals surface area contributed by atoms with Crippen LogP contribution in [0.3, 0.4) is 0 Å². The van der Waals surface area contributed by atoms with Crippen molar-refractivity contribution in [3.63, 3.8) is 0 Å². The molecule has 11 heteroatoms. The van der Waals surface area contributed by atoms with E-state index in [1.54, 1.807) is 5.32 Å². The first-order valence-corrected chi connectivity index (χ1v) is 8.43. The van der Waals surface area contributed by atoms with Gasteiger partial charge in [-0.05, 0) is 52.3 Å². The Bertz CT molecular complexity index is 844. The van der Waals surface area contributed by atoms with Gasteiger partial charge in [0.1, 0.15) is 11.6 Å². The quantitative estimate of drug-likeness (QED) is 0.507. The van der Waals surface area contributed by atoms with Crippen LogP contribution in [0.15, 0.2) is 47.1 Å². The van der Waals surface area contributed by atoms with Gasteiger partial charge in [-0.2, -0.15) is 13.2 Å². The zero-order valence-electron chi connectivity index (χ0n) is 14.6. The summed E-state index contributed by atoms with van der Waals surface area (Å²) in [6.07, 6.45) is -4.02. The zero-order chi connectivity index (χ0) is 20.9. The molecule has 28 heavy (non-hydrogen) atoms. The van der Waals surface area contributed by atoms with Crippen molar-refractivity contribution in [2.75, 3.05) is 19.5 Å². The van der Waals surface area contributed by atoms with Gasteiger partial charge in [-0.1, -0.05) is 0 Å². The molecule has 0 aliphatic carbocycles. The lowest BCUT2D eigenvalue weighted by molar-refractivity contribution is -0.203. The van der Waals surface area contributed by atoms with Crippen LogP contribution in [0.5, 0.6) is 5.75 Å². The summed E-state index contributed by atoms with van der Waals surface area (Å²) in [6, 6.07) is 7.92. The Morgan fingerprint density at radius 3 is 2.18 bits per heavy atom. The zero-order valence-corrected chi connectivity index (χ0v) is 16.2. The SMILES string of the molecule is COC(=O)[C@](NC(=O)c1ccc(OC)cc1)(Nc1ccc(Br)cn1)C(F)(F)F. The number of esters is 1. The molecule has 1 amide bonds. The molecule has 0 aliphatic rings. The van der Waals surface area contributed by atoms with Crippen LogP contribution in [0.4, 0.5) is 19.0 Å². The highest BCUT2D eigenvalue weighted by molar-refractivity contribution is 9.10. The number of halogens is 4. The molecule has 1 aromatic carbocycles. The summed E-state index contributed by atoms with van der Waals surface area (Å²) in [6.45, 7) is 0. The summed E-state index contributed by atoms with van der Waals surface area (Å²) >= 11 is 3.11. The van der Waals surface area contributed by atoms with Crippen molar-refractivity contribution in [2.45, 2.75) is 11.8 Å². The molecular formula is C17H15BrF3N3O4. The van der Waals surface area contributed by atoms with E-state index < -0.39 is 23.7 Å². The van der Waals surface area contributed by atoms with E-state index in [2.05, 4.69) is 25.7 Å². The molecule has 2 N–H and O–H groups in total. The van der Waals surface area contributed by atoms with Crippen molar-refractivity contribution in [3.05, 3.63) is 52.6 Å². The van der Waals surface area contributed by atoms with Crippen molar-refractivity contribution in [1.29, 1.82) is 0 Å². The predicted octanol–water partition coefficient (Wildman–Crippen LogP) is 3.13. The van der Waals surface area contributed by atoms with Crippen LogP contribution in [0, 0.1) is 0 Å². The van der Waals surface area contributed by atoms with Crippen LogP contribution in [0.1, 0.15) is 10.4 Å². The minimum absolute atomic E-state index is 0.121. The average molecular weight is 462 g/mol. The lowest BCUT2D eigenvalue weighted by Gasteiger charge is -2.34. The predicted molar refractivity (Wildman–Crippen MR) is 96.8 cm³/mol. The Labute approximate surface area is 166 Å². The maximum Gasteiger partial charge on any atom is 0.441 e. The fourth-order valence-corrected chi connectivity index (χ4v) is 2.41. The van der Waals surface area contributed by atoms with Crippen LogP contribution in [-0.4, -0.2) is 42.9 Å². The molecular weight excluding hydrogens is 447 g/mol. The number of carbonyl (C=O) groups excluding carboxylic acids is 2. The lowest BCUT2D eigenvalue weighted by atomic mass is 10.1. The number of anilines is 1. The van der Waals surface area contributed by atoms with Gasteiger partial charge < -0.3 is 20.1 Å². The summed E-state index contributed by atoms with van der Waals surface area (Å²) in [5, 5.41) is 3.64. The number of ether oxygens (including phenoxy) is 2. The fraction of sp³-hybridized carbons (Fsp3) is 0.235. The number of amides is 1. The Morgan fingerprint density at radius 1 is 1.07 bits per heavy atom. The molecule has 7 nitrogen and oxygen atoms in total. The first-order valence-electron chi connectivity index (χ1n) is 7.64. The van der Waals surface area contributed by atoms with E-state index >= 15 is 0 Å². The van der Waals surface area contributed by atoms with Gasteiger partial charge in [0.25, 0.3) is 5.91 Å². The first kappa shape index (κ1) is 21.5. The van der Waals surface area contributed by atoms with Crippen molar-refractivity contribution in [3.8, 4) is 5.75 Å². The van der Waals surface area contributed by atoms with Crippen LogP contribution < -0.4 is 15.4 Å². The smallest absolute Gasteiger partial charge is 0.441 e. The number of benzene rings is 1. The fourth-order valence-electron chi connectivity index (χ4n) is 2.17. The van der Waals surface area contributed by atoms with E-state index in [1.165, 1.54) is 49.7 Å². The minimum Gasteiger partial charge on any atom is -0.497 e. The van der Waals surface area contributed by atoms with Gasteiger partial charge in [-0.15, -0.1) is 0 Å². The summed E-state index contributed by atoms with van der Waals surface area (Å²) in [4.78, 5) is 28.3. The number of carbonyl (C=O) groups is 2. The van der Waals surface area contributed by atoms with Crippen molar-refractivity contribution < 1.29 is 32.2 Å². The second kappa shape index (κ2) is 8.46. The molecule has 0 saturated heterocycles. The number of aromatic nitrogens is 1. The molecule has 0 saturated carbocycles. The highest BCUT2D eigenvalue weighted by atomic mass is 79.9. The Kier molecular flexibility index (Phi) is 6.49. The van der Waals surface area contributed by atoms with Gasteiger partial charge in [0, 0.05) is 16.2 Å². The summed E-state index contributed by atoms with van der Waals surface area (Å²) in [5.74, 6) is -2.81. The topological polar surface area (TPSA) is 89.5 Å². The van der Waals surface area contributed by atoms with Gasteiger partial charge in [0.15, 0.2) is 0 Å². The van der Waals surface area contributed by atoms with Crippen LogP contribution in [0.25, 0.3) is 0 Å². The molecule has 0 unspecified atom stereocenters. The normalized spacial score (nSPS) is 13.2. The molecule has 150 valence electrons. The average Bonchev–Trinajstić information content (AvgIpc) is 2.67. The van der Waals surface area contributed by atoms with Crippen LogP contribution >= 0.6 is 15.9 Å². The molecule has 0 spiro atoms. The standard InChI is InChI=1S/C17H15BrF3N3O4/c1-27-12-6-3-10(4-7-12)14(25)24-16(15(26)28-2,17(19,20)21)23-13-8-5-11(18)9-22-13/h3-9H,1-2H3,(H,22,23)(H,24,25)/t16-/m1/s1. The highest BCUT2D eigenvalue weighted by Gasteiger charge is 2.63. The second-order valence-corrected chi connectivity index (χ2v) is 6.32. The number of methoxy groups -OCH3 is 2. The van der Waals surface area contributed by atoms with E-state index in [9.17, 15) is 22.8 Å². The Hall–Kier alpha value is -2.82. The van der Waals surface area contributed by atoms with Crippen molar-refractivity contribution in [2.24, 2.45) is 0 Å².